The Morgan fingerprint density at radius 3 is 1.44 bits per heavy atom. The van der Waals surface area contributed by atoms with Crippen LogP contribution in [0, 0.1) is 11.8 Å². The van der Waals surface area contributed by atoms with Crippen LogP contribution in [-0.4, -0.2) is 9.97 Å². The van der Waals surface area contributed by atoms with Crippen molar-refractivity contribution in [1.29, 1.82) is 0 Å². The normalized spacial score (nSPS) is 13.6. The van der Waals surface area contributed by atoms with Gasteiger partial charge in [0.25, 0.3) is 0 Å². The second kappa shape index (κ2) is 13.8. The molecular formula is C28H36Br2N2S4. The lowest BCUT2D eigenvalue weighted by atomic mass is 9.93. The van der Waals surface area contributed by atoms with Crippen LogP contribution < -0.4 is 0 Å². The molecule has 4 aromatic rings. The molecule has 0 aromatic carbocycles. The fourth-order valence-electron chi connectivity index (χ4n) is 4.66. The van der Waals surface area contributed by atoms with Crippen LogP contribution in [0.4, 0.5) is 0 Å². The zero-order valence-electron chi connectivity index (χ0n) is 21.7. The van der Waals surface area contributed by atoms with E-state index in [2.05, 4.69) is 71.7 Å². The predicted molar refractivity (Wildman–Crippen MR) is 171 cm³/mol. The Balaban J connectivity index is 1.49. The van der Waals surface area contributed by atoms with Crippen molar-refractivity contribution in [3.8, 4) is 19.8 Å². The first-order valence-electron chi connectivity index (χ1n) is 13.3. The molecule has 2 nitrogen and oxygen atoms in total. The quantitative estimate of drug-likeness (QED) is 0.132. The molecule has 2 unspecified atom stereocenters. The van der Waals surface area contributed by atoms with Crippen LogP contribution >= 0.6 is 77.2 Å². The van der Waals surface area contributed by atoms with Gasteiger partial charge in [-0.05, 0) is 79.8 Å². The highest BCUT2D eigenvalue weighted by Crippen LogP contribution is 2.44. The summed E-state index contributed by atoms with van der Waals surface area (Å²) < 4.78 is 2.53. The Kier molecular flexibility index (Phi) is 11.1. The number of hydrogen-bond donors (Lipinski definition) is 0. The van der Waals surface area contributed by atoms with Gasteiger partial charge in [-0.25, -0.2) is 9.97 Å². The predicted octanol–water partition coefficient (Wildman–Crippen LogP) is 12.3. The Labute approximate surface area is 249 Å². The zero-order valence-corrected chi connectivity index (χ0v) is 28.1. The lowest BCUT2D eigenvalue weighted by Gasteiger charge is -2.13. The SMILES string of the molecule is CCCCC(CC)Cc1cc(-c2nc3sc(-c4cc(CC(CC)CCCC)c(Br)s4)nc3s2)sc1Br. The average molecular weight is 689 g/mol. The van der Waals surface area contributed by atoms with E-state index in [1.165, 1.54) is 79.8 Å². The van der Waals surface area contributed by atoms with E-state index in [-0.39, 0.29) is 0 Å². The third kappa shape index (κ3) is 7.09. The molecule has 0 bridgehead atoms. The number of nitrogens with zero attached hydrogens (tertiary/aromatic N) is 2. The molecule has 196 valence electrons. The number of aromatic nitrogens is 2. The summed E-state index contributed by atoms with van der Waals surface area (Å²) >= 11 is 14.8. The van der Waals surface area contributed by atoms with Crippen molar-refractivity contribution in [3.63, 3.8) is 0 Å². The van der Waals surface area contributed by atoms with Gasteiger partial charge in [-0.2, -0.15) is 0 Å². The standard InChI is InChI=1S/C28H36Br2N2S4/c1-5-9-11-17(7-3)13-19-15-21(33-23(19)29)25-31-27-28(35-25)32-26(36-27)22-16-20(24(30)34-22)14-18(8-4)12-10-6-2/h15-18H,5-14H2,1-4H3. The Hall–Kier alpha value is -0.120. The topological polar surface area (TPSA) is 25.8 Å². The van der Waals surface area contributed by atoms with Crippen molar-refractivity contribution in [2.75, 3.05) is 0 Å². The van der Waals surface area contributed by atoms with Gasteiger partial charge in [-0.1, -0.05) is 102 Å². The second-order valence-corrected chi connectivity index (χ2v) is 16.4. The number of rotatable bonds is 14. The summed E-state index contributed by atoms with van der Waals surface area (Å²) in [5.41, 5.74) is 2.87. The van der Waals surface area contributed by atoms with Crippen LogP contribution in [0.3, 0.4) is 0 Å². The largest absolute Gasteiger partial charge is 0.222 e. The van der Waals surface area contributed by atoms with Gasteiger partial charge in [-0.3, -0.25) is 0 Å². The van der Waals surface area contributed by atoms with Crippen molar-refractivity contribution >= 4 is 86.9 Å². The third-order valence-electron chi connectivity index (χ3n) is 7.02. The van der Waals surface area contributed by atoms with E-state index in [1.807, 2.05) is 22.7 Å². The summed E-state index contributed by atoms with van der Waals surface area (Å²) in [7, 11) is 0. The molecule has 0 saturated heterocycles. The number of thiazole rings is 2. The van der Waals surface area contributed by atoms with Gasteiger partial charge in [-0.15, -0.1) is 22.7 Å². The summed E-state index contributed by atoms with van der Waals surface area (Å²) in [4.78, 5) is 14.7. The van der Waals surface area contributed by atoms with Crippen LogP contribution in [0.15, 0.2) is 19.7 Å². The molecule has 0 saturated carbocycles. The molecular weight excluding hydrogens is 652 g/mol. The Morgan fingerprint density at radius 1 is 0.667 bits per heavy atom. The number of unbranched alkanes of at least 4 members (excludes halogenated alkanes) is 2. The lowest BCUT2D eigenvalue weighted by Crippen LogP contribution is -2.02. The van der Waals surface area contributed by atoms with Crippen molar-refractivity contribution in [2.24, 2.45) is 11.8 Å². The van der Waals surface area contributed by atoms with Crippen molar-refractivity contribution in [3.05, 3.63) is 30.8 Å². The maximum atomic E-state index is 5.01. The molecule has 36 heavy (non-hydrogen) atoms. The van der Waals surface area contributed by atoms with E-state index < -0.39 is 0 Å². The highest BCUT2D eigenvalue weighted by atomic mass is 79.9. The van der Waals surface area contributed by atoms with Crippen molar-refractivity contribution in [2.45, 2.75) is 91.9 Å². The van der Waals surface area contributed by atoms with Crippen LogP contribution in [0.25, 0.3) is 29.4 Å². The van der Waals surface area contributed by atoms with Crippen LogP contribution in [0.2, 0.25) is 0 Å². The number of hydrogen-bond acceptors (Lipinski definition) is 6. The number of halogens is 2. The molecule has 0 amide bonds. The molecule has 4 rings (SSSR count). The summed E-state index contributed by atoms with van der Waals surface area (Å²) in [6, 6.07) is 4.72. The molecule has 0 aliphatic carbocycles. The summed E-state index contributed by atoms with van der Waals surface area (Å²) in [6.45, 7) is 9.21. The molecule has 0 aliphatic heterocycles. The monoisotopic (exact) mass is 686 g/mol. The van der Waals surface area contributed by atoms with Crippen molar-refractivity contribution in [1.82, 2.24) is 9.97 Å². The van der Waals surface area contributed by atoms with Gasteiger partial charge in [0.15, 0.2) is 9.66 Å². The summed E-state index contributed by atoms with van der Waals surface area (Å²) in [5.74, 6) is 1.53. The number of fused-ring (bicyclic) bond motifs is 1. The molecule has 0 fully saturated rings. The Bertz CT molecular complexity index is 1130. The first-order valence-corrected chi connectivity index (χ1v) is 18.1. The van der Waals surface area contributed by atoms with Gasteiger partial charge in [0.2, 0.25) is 0 Å². The number of thiophene rings is 2. The van der Waals surface area contributed by atoms with Crippen molar-refractivity contribution < 1.29 is 0 Å². The molecule has 0 spiro atoms. The zero-order chi connectivity index (χ0) is 25.7. The van der Waals surface area contributed by atoms with E-state index in [9.17, 15) is 0 Å². The summed E-state index contributed by atoms with van der Waals surface area (Å²) in [6.07, 6.45) is 12.6. The first-order chi connectivity index (χ1) is 17.4. The summed E-state index contributed by atoms with van der Waals surface area (Å²) in [5, 5.41) is 2.20. The lowest BCUT2D eigenvalue weighted by molar-refractivity contribution is 0.449. The maximum Gasteiger partial charge on any atom is 0.155 e. The fraction of sp³-hybridized carbons (Fsp3) is 0.571. The molecule has 0 N–H and O–H groups in total. The highest BCUT2D eigenvalue weighted by molar-refractivity contribution is 9.11. The second-order valence-electron chi connectivity index (χ2n) is 9.71. The molecule has 2 atom stereocenters. The first kappa shape index (κ1) is 28.9. The molecule has 4 aromatic heterocycles. The van der Waals surface area contributed by atoms with E-state index in [0.717, 1.165) is 44.4 Å². The minimum atomic E-state index is 0.766. The van der Waals surface area contributed by atoms with Crippen LogP contribution in [0.1, 0.15) is 90.2 Å². The third-order valence-corrected chi connectivity index (χ3v) is 13.3. The molecule has 4 heterocycles. The Morgan fingerprint density at radius 2 is 1.08 bits per heavy atom. The van der Waals surface area contributed by atoms with E-state index >= 15 is 0 Å². The van der Waals surface area contributed by atoms with Gasteiger partial charge in [0.05, 0.1) is 17.3 Å². The average Bonchev–Trinajstić information content (AvgIpc) is 3.62. The van der Waals surface area contributed by atoms with Crippen LogP contribution in [0.5, 0.6) is 0 Å². The smallest absolute Gasteiger partial charge is 0.155 e. The minimum absolute atomic E-state index is 0.766. The molecule has 8 heteroatoms. The van der Waals surface area contributed by atoms with Gasteiger partial charge < -0.3 is 0 Å². The maximum absolute atomic E-state index is 5.01. The van der Waals surface area contributed by atoms with Gasteiger partial charge >= 0.3 is 0 Å². The minimum Gasteiger partial charge on any atom is -0.222 e. The van der Waals surface area contributed by atoms with Crippen LogP contribution in [-0.2, 0) is 12.8 Å². The van der Waals surface area contributed by atoms with Gasteiger partial charge in [0, 0.05) is 0 Å². The van der Waals surface area contributed by atoms with E-state index in [4.69, 9.17) is 9.97 Å². The highest BCUT2D eigenvalue weighted by Gasteiger charge is 2.20. The molecule has 0 aliphatic rings. The fourth-order valence-corrected chi connectivity index (χ4v) is 10.2. The van der Waals surface area contributed by atoms with Gasteiger partial charge in [0.1, 0.15) is 10.0 Å². The van der Waals surface area contributed by atoms with E-state index in [0.29, 0.717) is 0 Å². The van der Waals surface area contributed by atoms with E-state index in [1.54, 1.807) is 22.7 Å². The molecule has 0 radical (unpaired) electrons.